The lowest BCUT2D eigenvalue weighted by molar-refractivity contribution is -0.133. The second-order valence-corrected chi connectivity index (χ2v) is 4.59. The number of hydrogen-bond acceptors (Lipinski definition) is 4. The van der Waals surface area contributed by atoms with Crippen molar-refractivity contribution < 1.29 is 14.1 Å². The molecule has 1 aliphatic heterocycles. The number of aromatic nitrogens is 1. The topological polar surface area (TPSA) is 66.7 Å². The number of likely N-dealkylation sites (N-methyl/N-ethyl adjacent to an activating group) is 1. The van der Waals surface area contributed by atoms with Crippen LogP contribution < -0.4 is 0 Å². The molecule has 98 valence electrons. The van der Waals surface area contributed by atoms with Crippen LogP contribution in [0.3, 0.4) is 0 Å². The number of fused-ring (bicyclic) bond motifs is 1. The molecule has 6 heteroatoms. The van der Waals surface area contributed by atoms with Gasteiger partial charge in [0.25, 0.3) is 5.91 Å². The Hall–Kier alpha value is -2.37. The van der Waals surface area contributed by atoms with Crippen LogP contribution in [0.25, 0.3) is 11.0 Å². The van der Waals surface area contributed by atoms with Crippen LogP contribution in [0.2, 0.25) is 0 Å². The highest BCUT2D eigenvalue weighted by Crippen LogP contribution is 2.20. The highest BCUT2D eigenvalue weighted by molar-refractivity contribution is 6.06. The molecule has 1 aromatic heterocycles. The normalized spacial score (nSPS) is 16.2. The van der Waals surface area contributed by atoms with E-state index in [1.807, 2.05) is 0 Å². The van der Waals surface area contributed by atoms with E-state index in [0.29, 0.717) is 29.6 Å². The van der Waals surface area contributed by atoms with Gasteiger partial charge in [0.1, 0.15) is 6.54 Å². The van der Waals surface area contributed by atoms with E-state index >= 15 is 0 Å². The number of carbonyl (C=O) groups is 2. The molecule has 0 atom stereocenters. The summed E-state index contributed by atoms with van der Waals surface area (Å²) in [7, 11) is 1.74. The van der Waals surface area contributed by atoms with E-state index in [9.17, 15) is 9.59 Å². The third-order valence-electron chi connectivity index (χ3n) is 3.37. The fraction of sp³-hybridized carbons (Fsp3) is 0.308. The van der Waals surface area contributed by atoms with Crippen LogP contribution in [0.4, 0.5) is 0 Å². The van der Waals surface area contributed by atoms with Crippen LogP contribution >= 0.6 is 0 Å². The molecule has 0 saturated carbocycles. The molecule has 0 bridgehead atoms. The zero-order valence-corrected chi connectivity index (χ0v) is 10.5. The molecule has 2 heterocycles. The number of rotatable bonds is 1. The van der Waals surface area contributed by atoms with Gasteiger partial charge in [-0.25, -0.2) is 0 Å². The summed E-state index contributed by atoms with van der Waals surface area (Å²) in [5.41, 5.74) is 1.10. The number of benzene rings is 1. The fourth-order valence-corrected chi connectivity index (χ4v) is 2.18. The smallest absolute Gasteiger partial charge is 0.255 e. The lowest BCUT2D eigenvalue weighted by Gasteiger charge is -2.32. The molecule has 0 N–H and O–H groups in total. The third kappa shape index (κ3) is 1.95. The number of piperazine rings is 1. The average Bonchev–Trinajstić information content (AvgIpc) is 2.89. The highest BCUT2D eigenvalue weighted by Gasteiger charge is 2.26. The monoisotopic (exact) mass is 259 g/mol. The Bertz CT molecular complexity index is 649. The van der Waals surface area contributed by atoms with Gasteiger partial charge in [0, 0.05) is 20.1 Å². The molecule has 1 fully saturated rings. The van der Waals surface area contributed by atoms with Crippen molar-refractivity contribution >= 4 is 22.8 Å². The summed E-state index contributed by atoms with van der Waals surface area (Å²) in [6, 6.07) is 5.23. The van der Waals surface area contributed by atoms with Gasteiger partial charge in [-0.3, -0.25) is 9.59 Å². The molecular weight excluding hydrogens is 246 g/mol. The van der Waals surface area contributed by atoms with Gasteiger partial charge in [-0.2, -0.15) is 0 Å². The number of carbonyl (C=O) groups excluding carboxylic acids is 2. The molecule has 2 amide bonds. The van der Waals surface area contributed by atoms with Gasteiger partial charge < -0.3 is 14.3 Å². The van der Waals surface area contributed by atoms with Gasteiger partial charge in [-0.05, 0) is 12.1 Å². The first-order valence-electron chi connectivity index (χ1n) is 6.03. The van der Waals surface area contributed by atoms with E-state index in [4.69, 9.17) is 4.52 Å². The van der Waals surface area contributed by atoms with Gasteiger partial charge in [0.15, 0.2) is 5.58 Å². The minimum absolute atomic E-state index is 0.0444. The molecule has 0 radical (unpaired) electrons. The van der Waals surface area contributed by atoms with Crippen LogP contribution in [0, 0.1) is 0 Å². The molecule has 19 heavy (non-hydrogen) atoms. The SMILES string of the molecule is CN1CCN(C(=O)c2cccc3oncc23)CC1=O. The molecule has 3 rings (SSSR count). The van der Waals surface area contributed by atoms with Crippen LogP contribution in [-0.2, 0) is 4.79 Å². The molecule has 2 aromatic rings. The van der Waals surface area contributed by atoms with Crippen molar-refractivity contribution in [3.63, 3.8) is 0 Å². The molecule has 0 unspecified atom stereocenters. The van der Waals surface area contributed by atoms with Crippen LogP contribution in [0.15, 0.2) is 28.9 Å². The first-order chi connectivity index (χ1) is 9.16. The van der Waals surface area contributed by atoms with Crippen molar-refractivity contribution in [1.82, 2.24) is 15.0 Å². The van der Waals surface area contributed by atoms with Gasteiger partial charge in [0.05, 0.1) is 17.1 Å². The van der Waals surface area contributed by atoms with Crippen LogP contribution in [0.1, 0.15) is 10.4 Å². The summed E-state index contributed by atoms with van der Waals surface area (Å²) < 4.78 is 5.04. The first kappa shape index (κ1) is 11.7. The zero-order valence-electron chi connectivity index (χ0n) is 10.5. The molecule has 0 aliphatic carbocycles. The molecule has 6 nitrogen and oxygen atoms in total. The minimum Gasteiger partial charge on any atom is -0.356 e. The summed E-state index contributed by atoms with van der Waals surface area (Å²) in [5.74, 6) is -0.202. The minimum atomic E-state index is -0.157. The van der Waals surface area contributed by atoms with Crippen molar-refractivity contribution in [2.75, 3.05) is 26.7 Å². The second kappa shape index (κ2) is 4.38. The fourth-order valence-electron chi connectivity index (χ4n) is 2.18. The van der Waals surface area contributed by atoms with Crippen LogP contribution in [0.5, 0.6) is 0 Å². The van der Waals surface area contributed by atoms with E-state index < -0.39 is 0 Å². The van der Waals surface area contributed by atoms with E-state index in [2.05, 4.69) is 5.16 Å². The lowest BCUT2D eigenvalue weighted by atomic mass is 10.1. The number of hydrogen-bond donors (Lipinski definition) is 0. The zero-order chi connectivity index (χ0) is 13.4. The Labute approximate surface area is 109 Å². The molecular formula is C13H13N3O3. The van der Waals surface area contributed by atoms with Crippen molar-refractivity contribution in [2.24, 2.45) is 0 Å². The van der Waals surface area contributed by atoms with E-state index in [0.717, 1.165) is 0 Å². The van der Waals surface area contributed by atoms with Crippen molar-refractivity contribution in [3.05, 3.63) is 30.0 Å². The predicted octanol–water partition coefficient (Wildman–Crippen LogP) is 0.742. The third-order valence-corrected chi connectivity index (χ3v) is 3.37. The first-order valence-corrected chi connectivity index (χ1v) is 6.03. The van der Waals surface area contributed by atoms with Gasteiger partial charge in [-0.15, -0.1) is 0 Å². The summed E-state index contributed by atoms with van der Waals surface area (Å²) in [6.45, 7) is 1.23. The molecule has 1 aromatic carbocycles. The summed E-state index contributed by atoms with van der Waals surface area (Å²) in [5, 5.41) is 4.38. The second-order valence-electron chi connectivity index (χ2n) is 4.59. The van der Waals surface area contributed by atoms with Gasteiger partial charge in [0.2, 0.25) is 5.91 Å². The van der Waals surface area contributed by atoms with Crippen LogP contribution in [-0.4, -0.2) is 53.5 Å². The lowest BCUT2D eigenvalue weighted by Crippen LogP contribution is -2.50. The quantitative estimate of drug-likeness (QED) is 0.757. The standard InChI is InChI=1S/C13H13N3O3/c1-15-5-6-16(8-12(15)17)13(18)9-3-2-4-11-10(9)7-14-19-11/h2-4,7H,5-6,8H2,1H3. The summed E-state index contributed by atoms with van der Waals surface area (Å²) >= 11 is 0. The summed E-state index contributed by atoms with van der Waals surface area (Å²) in [4.78, 5) is 27.3. The Morgan fingerprint density at radius 1 is 1.37 bits per heavy atom. The molecule has 0 spiro atoms. The maximum Gasteiger partial charge on any atom is 0.255 e. The predicted molar refractivity (Wildman–Crippen MR) is 67.5 cm³/mol. The average molecular weight is 259 g/mol. The van der Waals surface area contributed by atoms with E-state index in [1.165, 1.54) is 6.20 Å². The van der Waals surface area contributed by atoms with E-state index in [1.54, 1.807) is 35.0 Å². The number of amides is 2. The summed E-state index contributed by atoms with van der Waals surface area (Å²) in [6.07, 6.45) is 1.53. The van der Waals surface area contributed by atoms with Crippen molar-refractivity contribution in [3.8, 4) is 0 Å². The van der Waals surface area contributed by atoms with Gasteiger partial charge in [-0.1, -0.05) is 11.2 Å². The Balaban J connectivity index is 1.92. The van der Waals surface area contributed by atoms with Crippen molar-refractivity contribution in [2.45, 2.75) is 0 Å². The Morgan fingerprint density at radius 2 is 2.21 bits per heavy atom. The maximum atomic E-state index is 12.4. The van der Waals surface area contributed by atoms with Gasteiger partial charge >= 0.3 is 0 Å². The molecule has 1 aliphatic rings. The molecule has 1 saturated heterocycles. The van der Waals surface area contributed by atoms with E-state index in [-0.39, 0.29) is 18.4 Å². The Morgan fingerprint density at radius 3 is 3.00 bits per heavy atom. The largest absolute Gasteiger partial charge is 0.356 e. The highest BCUT2D eigenvalue weighted by atomic mass is 16.5. The van der Waals surface area contributed by atoms with Crippen molar-refractivity contribution in [1.29, 1.82) is 0 Å². The Kier molecular flexibility index (Phi) is 2.70. The number of nitrogens with zero attached hydrogens (tertiary/aromatic N) is 3. The maximum absolute atomic E-state index is 12.4.